The average Bonchev–Trinajstić information content (AvgIpc) is 2.41. The second-order valence-electron chi connectivity index (χ2n) is 4.81. The number of benzene rings is 2. The third kappa shape index (κ3) is 3.22. The van der Waals surface area contributed by atoms with Gasteiger partial charge in [0, 0.05) is 5.56 Å². The molecule has 0 aromatic heterocycles. The number of nitrogens with one attached hydrogen (secondary N) is 2. The van der Waals surface area contributed by atoms with E-state index in [1.165, 1.54) is 0 Å². The number of aryl methyl sites for hydroxylation is 2. The first-order chi connectivity index (χ1) is 9.81. The fourth-order valence-electron chi connectivity index (χ4n) is 1.96. The molecule has 0 spiro atoms. The van der Waals surface area contributed by atoms with Crippen LogP contribution in [-0.2, 0) is 10.0 Å². The number of rotatable bonds is 4. The minimum Gasteiger partial charge on any atom is -0.384 e. The van der Waals surface area contributed by atoms with Crippen LogP contribution in [0.1, 0.15) is 16.7 Å². The smallest absolute Gasteiger partial charge is 0.262 e. The van der Waals surface area contributed by atoms with Crippen molar-refractivity contribution in [1.82, 2.24) is 0 Å². The van der Waals surface area contributed by atoms with E-state index in [4.69, 9.17) is 11.1 Å². The van der Waals surface area contributed by atoms with E-state index in [9.17, 15) is 8.42 Å². The highest BCUT2D eigenvalue weighted by molar-refractivity contribution is 7.92. The van der Waals surface area contributed by atoms with Gasteiger partial charge in [-0.05, 0) is 37.1 Å². The molecule has 0 unspecified atom stereocenters. The molecular weight excluding hydrogens is 286 g/mol. The van der Waals surface area contributed by atoms with Crippen LogP contribution in [0.3, 0.4) is 0 Å². The second-order valence-corrected chi connectivity index (χ2v) is 6.47. The SMILES string of the molecule is Cc1ccc(C(=N)N)cc1NS(=O)(=O)c1ccccc1C. The third-order valence-electron chi connectivity index (χ3n) is 3.18. The van der Waals surface area contributed by atoms with E-state index in [0.29, 0.717) is 16.8 Å². The largest absolute Gasteiger partial charge is 0.384 e. The highest BCUT2D eigenvalue weighted by atomic mass is 32.2. The Labute approximate surface area is 124 Å². The van der Waals surface area contributed by atoms with Gasteiger partial charge in [0.25, 0.3) is 10.0 Å². The molecule has 0 saturated carbocycles. The van der Waals surface area contributed by atoms with Gasteiger partial charge in [-0.3, -0.25) is 10.1 Å². The Bertz CT molecular complexity index is 798. The molecule has 21 heavy (non-hydrogen) atoms. The molecule has 0 aliphatic rings. The number of hydrogen-bond acceptors (Lipinski definition) is 3. The molecule has 0 fully saturated rings. The van der Waals surface area contributed by atoms with E-state index < -0.39 is 10.0 Å². The van der Waals surface area contributed by atoms with Crippen LogP contribution in [-0.4, -0.2) is 14.3 Å². The monoisotopic (exact) mass is 303 g/mol. The third-order valence-corrected chi connectivity index (χ3v) is 4.70. The molecule has 2 aromatic carbocycles. The van der Waals surface area contributed by atoms with Crippen LogP contribution in [0.25, 0.3) is 0 Å². The van der Waals surface area contributed by atoms with Crippen LogP contribution in [0.2, 0.25) is 0 Å². The zero-order valence-corrected chi connectivity index (χ0v) is 12.7. The van der Waals surface area contributed by atoms with Gasteiger partial charge in [0.15, 0.2) is 0 Å². The predicted octanol–water partition coefficient (Wildman–Crippen LogP) is 2.39. The van der Waals surface area contributed by atoms with Crippen LogP contribution in [0.15, 0.2) is 47.4 Å². The number of hydrogen-bond donors (Lipinski definition) is 3. The Morgan fingerprint density at radius 1 is 1.10 bits per heavy atom. The van der Waals surface area contributed by atoms with Gasteiger partial charge in [-0.2, -0.15) is 0 Å². The number of sulfonamides is 1. The molecule has 0 aliphatic carbocycles. The van der Waals surface area contributed by atoms with E-state index in [-0.39, 0.29) is 10.7 Å². The molecule has 6 heteroatoms. The lowest BCUT2D eigenvalue weighted by Crippen LogP contribution is -2.16. The summed E-state index contributed by atoms with van der Waals surface area (Å²) in [6.45, 7) is 3.53. The van der Waals surface area contributed by atoms with E-state index in [1.807, 2.05) is 0 Å². The first-order valence-electron chi connectivity index (χ1n) is 6.35. The van der Waals surface area contributed by atoms with E-state index in [2.05, 4.69) is 4.72 Å². The number of amidine groups is 1. The predicted molar refractivity (Wildman–Crippen MR) is 84.2 cm³/mol. The van der Waals surface area contributed by atoms with Gasteiger partial charge in [-0.1, -0.05) is 30.3 Å². The Morgan fingerprint density at radius 2 is 1.76 bits per heavy atom. The maximum atomic E-state index is 12.5. The molecule has 2 aromatic rings. The van der Waals surface area contributed by atoms with Gasteiger partial charge in [-0.15, -0.1) is 0 Å². The van der Waals surface area contributed by atoms with Gasteiger partial charge < -0.3 is 5.73 Å². The molecule has 0 radical (unpaired) electrons. The summed E-state index contributed by atoms with van der Waals surface area (Å²) < 4.78 is 27.5. The van der Waals surface area contributed by atoms with Gasteiger partial charge in [0.1, 0.15) is 5.84 Å². The van der Waals surface area contributed by atoms with Gasteiger partial charge >= 0.3 is 0 Å². The lowest BCUT2D eigenvalue weighted by Gasteiger charge is -2.13. The van der Waals surface area contributed by atoms with Crippen LogP contribution in [0.4, 0.5) is 5.69 Å². The fourth-order valence-corrected chi connectivity index (χ4v) is 3.33. The summed E-state index contributed by atoms with van der Waals surface area (Å²) in [6.07, 6.45) is 0. The number of anilines is 1. The lowest BCUT2D eigenvalue weighted by molar-refractivity contribution is 0.600. The van der Waals surface area contributed by atoms with Crippen LogP contribution in [0.5, 0.6) is 0 Å². The van der Waals surface area contributed by atoms with E-state index >= 15 is 0 Å². The van der Waals surface area contributed by atoms with Gasteiger partial charge in [0.2, 0.25) is 0 Å². The van der Waals surface area contributed by atoms with Crippen molar-refractivity contribution in [2.75, 3.05) is 4.72 Å². The Hall–Kier alpha value is -2.34. The summed E-state index contributed by atoms with van der Waals surface area (Å²) in [5.41, 5.74) is 7.77. The highest BCUT2D eigenvalue weighted by Crippen LogP contribution is 2.22. The van der Waals surface area contributed by atoms with Crippen molar-refractivity contribution in [3.63, 3.8) is 0 Å². The molecule has 4 N–H and O–H groups in total. The second kappa shape index (κ2) is 5.57. The summed E-state index contributed by atoms with van der Waals surface area (Å²) in [4.78, 5) is 0.234. The molecular formula is C15H17N3O2S. The maximum absolute atomic E-state index is 12.5. The topological polar surface area (TPSA) is 96.0 Å². The fraction of sp³-hybridized carbons (Fsp3) is 0.133. The van der Waals surface area contributed by atoms with Crippen molar-refractivity contribution in [2.45, 2.75) is 18.7 Å². The Balaban J connectivity index is 2.44. The molecule has 0 heterocycles. The summed E-state index contributed by atoms with van der Waals surface area (Å²) in [7, 11) is -3.67. The van der Waals surface area contributed by atoms with Crippen LogP contribution in [0, 0.1) is 19.3 Å². The van der Waals surface area contributed by atoms with E-state index in [0.717, 1.165) is 5.56 Å². The average molecular weight is 303 g/mol. The van der Waals surface area contributed by atoms with Crippen molar-refractivity contribution in [2.24, 2.45) is 5.73 Å². The zero-order valence-electron chi connectivity index (χ0n) is 11.8. The lowest BCUT2D eigenvalue weighted by atomic mass is 10.1. The van der Waals surface area contributed by atoms with Crippen molar-refractivity contribution < 1.29 is 8.42 Å². The highest BCUT2D eigenvalue weighted by Gasteiger charge is 2.17. The normalized spacial score (nSPS) is 11.1. The Morgan fingerprint density at radius 3 is 2.38 bits per heavy atom. The van der Waals surface area contributed by atoms with E-state index in [1.54, 1.807) is 56.3 Å². The van der Waals surface area contributed by atoms with Crippen molar-refractivity contribution in [3.8, 4) is 0 Å². The van der Waals surface area contributed by atoms with Crippen LogP contribution >= 0.6 is 0 Å². The summed E-state index contributed by atoms with van der Waals surface area (Å²) in [5, 5.41) is 7.43. The van der Waals surface area contributed by atoms with Crippen molar-refractivity contribution in [3.05, 3.63) is 59.2 Å². The molecule has 0 aliphatic heterocycles. The molecule has 0 atom stereocenters. The minimum absolute atomic E-state index is 0.105. The van der Waals surface area contributed by atoms with Crippen molar-refractivity contribution >= 4 is 21.5 Å². The summed E-state index contributed by atoms with van der Waals surface area (Å²) in [5.74, 6) is -0.105. The Kier molecular flexibility index (Phi) is 3.99. The quantitative estimate of drug-likeness (QED) is 0.597. The summed E-state index contributed by atoms with van der Waals surface area (Å²) in [6, 6.07) is 11.7. The molecule has 110 valence electrons. The van der Waals surface area contributed by atoms with Gasteiger partial charge in [-0.25, -0.2) is 8.42 Å². The standard InChI is InChI=1S/C15H17N3O2S/c1-10-7-8-12(15(16)17)9-13(10)18-21(19,20)14-6-4-3-5-11(14)2/h3-9,18H,1-2H3,(H3,16,17). The molecule has 0 amide bonds. The minimum atomic E-state index is -3.67. The molecule has 0 saturated heterocycles. The first kappa shape index (κ1) is 15.1. The van der Waals surface area contributed by atoms with Gasteiger partial charge in [0.05, 0.1) is 10.6 Å². The zero-order chi connectivity index (χ0) is 15.6. The number of nitrogens with two attached hydrogens (primary N) is 1. The summed E-state index contributed by atoms with van der Waals surface area (Å²) >= 11 is 0. The number of nitrogen functional groups attached to an aromatic ring is 1. The molecule has 2 rings (SSSR count). The molecule has 5 nitrogen and oxygen atoms in total. The van der Waals surface area contributed by atoms with Crippen molar-refractivity contribution in [1.29, 1.82) is 5.41 Å². The first-order valence-corrected chi connectivity index (χ1v) is 7.83. The maximum Gasteiger partial charge on any atom is 0.262 e. The van der Waals surface area contributed by atoms with Crippen LogP contribution < -0.4 is 10.5 Å². The molecule has 0 bridgehead atoms.